The molecule has 1 aliphatic heterocycles. The van der Waals surface area contributed by atoms with E-state index >= 15 is 0 Å². The first-order chi connectivity index (χ1) is 8.27. The van der Waals surface area contributed by atoms with Crippen LogP contribution in [0, 0.1) is 5.92 Å². The summed E-state index contributed by atoms with van der Waals surface area (Å²) in [5.41, 5.74) is 0.0642. The Bertz CT molecular complexity index is 402. The van der Waals surface area contributed by atoms with Gasteiger partial charge in [0.2, 0.25) is 0 Å². The van der Waals surface area contributed by atoms with E-state index in [1.807, 2.05) is 12.3 Å². The van der Waals surface area contributed by atoms with E-state index in [4.69, 9.17) is 4.74 Å². The lowest BCUT2D eigenvalue weighted by molar-refractivity contribution is 0.0390. The van der Waals surface area contributed by atoms with E-state index in [-0.39, 0.29) is 5.56 Å². The van der Waals surface area contributed by atoms with E-state index in [2.05, 4.69) is 12.2 Å². The summed E-state index contributed by atoms with van der Waals surface area (Å²) in [6, 6.07) is 5.77. The fourth-order valence-electron chi connectivity index (χ4n) is 2.20. The van der Waals surface area contributed by atoms with Gasteiger partial charge >= 0.3 is 0 Å². The average molecular weight is 236 g/mol. The fraction of sp³-hybridized carbons (Fsp3) is 0.615. The van der Waals surface area contributed by atoms with Gasteiger partial charge in [-0.1, -0.05) is 13.0 Å². The van der Waals surface area contributed by atoms with E-state index in [0.29, 0.717) is 12.0 Å². The highest BCUT2D eigenvalue weighted by Gasteiger charge is 2.20. The Morgan fingerprint density at radius 3 is 3.18 bits per heavy atom. The first-order valence-electron chi connectivity index (χ1n) is 6.24. The van der Waals surface area contributed by atoms with Gasteiger partial charge in [0.25, 0.3) is 5.56 Å². The van der Waals surface area contributed by atoms with E-state index in [9.17, 15) is 4.79 Å². The van der Waals surface area contributed by atoms with Crippen molar-refractivity contribution in [3.8, 4) is 0 Å². The van der Waals surface area contributed by atoms with Gasteiger partial charge in [0.1, 0.15) is 0 Å². The Morgan fingerprint density at radius 2 is 2.41 bits per heavy atom. The molecule has 2 rings (SSSR count). The van der Waals surface area contributed by atoms with Crippen molar-refractivity contribution in [3.63, 3.8) is 0 Å². The number of pyridine rings is 1. The van der Waals surface area contributed by atoms with Crippen molar-refractivity contribution < 1.29 is 4.74 Å². The third kappa shape index (κ3) is 3.41. The van der Waals surface area contributed by atoms with Gasteiger partial charge in [0.05, 0.1) is 6.61 Å². The molecule has 0 bridgehead atoms. The lowest BCUT2D eigenvalue weighted by Crippen LogP contribution is -2.43. The highest BCUT2D eigenvalue weighted by molar-refractivity contribution is 4.93. The lowest BCUT2D eigenvalue weighted by Gasteiger charge is -2.29. The summed E-state index contributed by atoms with van der Waals surface area (Å²) in [5.74, 6) is 0.552. The highest BCUT2D eigenvalue weighted by Crippen LogP contribution is 2.13. The number of ether oxygens (including phenoxy) is 1. The van der Waals surface area contributed by atoms with E-state index in [1.165, 1.54) is 0 Å². The third-order valence-corrected chi connectivity index (χ3v) is 3.30. The number of rotatable bonds is 4. The average Bonchev–Trinajstić information content (AvgIpc) is 2.34. The van der Waals surface area contributed by atoms with Crippen LogP contribution in [0.5, 0.6) is 0 Å². The molecule has 94 valence electrons. The Labute approximate surface area is 102 Å². The first-order valence-corrected chi connectivity index (χ1v) is 6.24. The van der Waals surface area contributed by atoms with Crippen LogP contribution < -0.4 is 10.9 Å². The predicted octanol–water partition coefficient (Wildman–Crippen LogP) is 0.863. The predicted molar refractivity (Wildman–Crippen MR) is 67.1 cm³/mol. The van der Waals surface area contributed by atoms with Gasteiger partial charge in [-0.05, 0) is 18.4 Å². The summed E-state index contributed by atoms with van der Waals surface area (Å²) >= 11 is 0. The molecule has 1 N–H and O–H groups in total. The van der Waals surface area contributed by atoms with Crippen LogP contribution in [0.2, 0.25) is 0 Å². The van der Waals surface area contributed by atoms with Gasteiger partial charge in [-0.25, -0.2) is 0 Å². The van der Waals surface area contributed by atoms with Gasteiger partial charge in [-0.3, -0.25) is 4.79 Å². The van der Waals surface area contributed by atoms with Crippen molar-refractivity contribution in [2.45, 2.75) is 25.9 Å². The smallest absolute Gasteiger partial charge is 0.250 e. The minimum atomic E-state index is 0.0642. The number of hydrogen-bond acceptors (Lipinski definition) is 3. The van der Waals surface area contributed by atoms with Crippen molar-refractivity contribution in [2.75, 3.05) is 19.8 Å². The van der Waals surface area contributed by atoms with Crippen LogP contribution in [0.4, 0.5) is 0 Å². The molecule has 0 aliphatic carbocycles. The molecule has 1 fully saturated rings. The first kappa shape index (κ1) is 12.3. The molecule has 1 saturated heterocycles. The molecule has 1 aromatic rings. The molecule has 2 unspecified atom stereocenters. The zero-order valence-corrected chi connectivity index (χ0v) is 10.3. The zero-order chi connectivity index (χ0) is 12.1. The largest absolute Gasteiger partial charge is 0.381 e. The quantitative estimate of drug-likeness (QED) is 0.843. The summed E-state index contributed by atoms with van der Waals surface area (Å²) in [4.78, 5) is 11.5. The molecule has 17 heavy (non-hydrogen) atoms. The molecule has 0 radical (unpaired) electrons. The van der Waals surface area contributed by atoms with Crippen LogP contribution in [0.1, 0.15) is 13.3 Å². The van der Waals surface area contributed by atoms with E-state index in [1.54, 1.807) is 16.7 Å². The fourth-order valence-corrected chi connectivity index (χ4v) is 2.20. The molecule has 2 heterocycles. The molecule has 4 nitrogen and oxygen atoms in total. The number of aromatic nitrogens is 1. The Kier molecular flexibility index (Phi) is 4.34. The summed E-state index contributed by atoms with van der Waals surface area (Å²) in [6.45, 7) is 5.43. The summed E-state index contributed by atoms with van der Waals surface area (Å²) in [6.07, 6.45) is 2.89. The topological polar surface area (TPSA) is 43.3 Å². The normalized spacial score (nSPS) is 24.8. The van der Waals surface area contributed by atoms with Gasteiger partial charge in [0, 0.05) is 38.0 Å². The molecule has 0 aromatic carbocycles. The van der Waals surface area contributed by atoms with Crippen LogP contribution in [-0.4, -0.2) is 30.4 Å². The summed E-state index contributed by atoms with van der Waals surface area (Å²) in [5, 5.41) is 3.51. The molecule has 0 amide bonds. The SMILES string of the molecule is CC1COCCC1NCCn1ccccc1=O. The minimum Gasteiger partial charge on any atom is -0.381 e. The second kappa shape index (κ2) is 5.98. The van der Waals surface area contributed by atoms with Crippen LogP contribution in [0.15, 0.2) is 29.2 Å². The van der Waals surface area contributed by atoms with Crippen LogP contribution >= 0.6 is 0 Å². The van der Waals surface area contributed by atoms with Gasteiger partial charge in [-0.15, -0.1) is 0 Å². The number of hydrogen-bond donors (Lipinski definition) is 1. The number of nitrogens with one attached hydrogen (secondary N) is 1. The van der Waals surface area contributed by atoms with Crippen molar-refractivity contribution in [3.05, 3.63) is 34.7 Å². The maximum Gasteiger partial charge on any atom is 0.250 e. The molecule has 2 atom stereocenters. The van der Waals surface area contributed by atoms with Crippen molar-refractivity contribution >= 4 is 0 Å². The lowest BCUT2D eigenvalue weighted by atomic mass is 9.98. The summed E-state index contributed by atoms with van der Waals surface area (Å²) in [7, 11) is 0. The molecule has 4 heteroatoms. The van der Waals surface area contributed by atoms with Crippen molar-refractivity contribution in [1.82, 2.24) is 9.88 Å². The van der Waals surface area contributed by atoms with E-state index in [0.717, 1.165) is 32.7 Å². The second-order valence-corrected chi connectivity index (χ2v) is 4.63. The zero-order valence-electron chi connectivity index (χ0n) is 10.3. The Morgan fingerprint density at radius 1 is 1.53 bits per heavy atom. The molecule has 0 saturated carbocycles. The number of nitrogens with zero attached hydrogens (tertiary/aromatic N) is 1. The summed E-state index contributed by atoms with van der Waals surface area (Å²) < 4.78 is 7.13. The Balaban J connectivity index is 1.79. The minimum absolute atomic E-state index is 0.0642. The highest BCUT2D eigenvalue weighted by atomic mass is 16.5. The van der Waals surface area contributed by atoms with Crippen LogP contribution in [-0.2, 0) is 11.3 Å². The standard InChI is InChI=1S/C13H20N2O2/c1-11-10-17-9-5-12(11)14-6-8-15-7-3-2-4-13(15)16/h2-4,7,11-12,14H,5-6,8-10H2,1H3. The second-order valence-electron chi connectivity index (χ2n) is 4.63. The van der Waals surface area contributed by atoms with Crippen LogP contribution in [0.3, 0.4) is 0 Å². The third-order valence-electron chi connectivity index (χ3n) is 3.30. The van der Waals surface area contributed by atoms with E-state index < -0.39 is 0 Å². The van der Waals surface area contributed by atoms with Gasteiger partial charge in [0.15, 0.2) is 0 Å². The van der Waals surface area contributed by atoms with Gasteiger partial charge in [-0.2, -0.15) is 0 Å². The molecular formula is C13H20N2O2. The molecular weight excluding hydrogens is 216 g/mol. The maximum absolute atomic E-state index is 11.5. The van der Waals surface area contributed by atoms with Crippen LogP contribution in [0.25, 0.3) is 0 Å². The van der Waals surface area contributed by atoms with Crippen molar-refractivity contribution in [2.24, 2.45) is 5.92 Å². The molecule has 1 aliphatic rings. The maximum atomic E-state index is 11.5. The van der Waals surface area contributed by atoms with Gasteiger partial charge < -0.3 is 14.6 Å². The molecule has 0 spiro atoms. The molecule has 1 aromatic heterocycles. The van der Waals surface area contributed by atoms with Crippen molar-refractivity contribution in [1.29, 1.82) is 0 Å². The Hall–Kier alpha value is -1.13. The monoisotopic (exact) mass is 236 g/mol.